The van der Waals surface area contributed by atoms with E-state index >= 15 is 0 Å². The zero-order valence-electron chi connectivity index (χ0n) is 13.0. The standard InChI is InChI=1S/C16H28N4/c1-16(2,3)15(11-20-9-6-17-12-20)18-14-5-8-19-7-4-13(14)10-19/h6,9,12-15,18H,4-5,7-8,10-11H2,1-3H3. The SMILES string of the molecule is CC(C)(C)C(Cn1ccnc1)NC1CCN2CCC1C2. The summed E-state index contributed by atoms with van der Waals surface area (Å²) in [7, 11) is 0. The predicted molar refractivity (Wildman–Crippen MR) is 81.6 cm³/mol. The smallest absolute Gasteiger partial charge is 0.0946 e. The molecule has 4 nitrogen and oxygen atoms in total. The highest BCUT2D eigenvalue weighted by Gasteiger charge is 2.37. The van der Waals surface area contributed by atoms with Gasteiger partial charge in [-0.05, 0) is 37.3 Å². The molecule has 1 aromatic rings. The second kappa shape index (κ2) is 5.49. The number of piperidine rings is 1. The zero-order chi connectivity index (χ0) is 14.2. The summed E-state index contributed by atoms with van der Waals surface area (Å²) < 4.78 is 2.20. The highest BCUT2D eigenvalue weighted by molar-refractivity contribution is 4.94. The topological polar surface area (TPSA) is 33.1 Å². The number of hydrogen-bond donors (Lipinski definition) is 1. The van der Waals surface area contributed by atoms with Crippen molar-refractivity contribution in [3.8, 4) is 0 Å². The molecule has 4 unspecified atom stereocenters. The average Bonchev–Trinajstić information content (AvgIpc) is 3.00. The summed E-state index contributed by atoms with van der Waals surface area (Å²) in [6.45, 7) is 11.9. The fraction of sp³-hybridized carbons (Fsp3) is 0.812. The molecule has 2 aliphatic heterocycles. The van der Waals surface area contributed by atoms with Crippen molar-refractivity contribution in [1.29, 1.82) is 0 Å². The number of nitrogens with zero attached hydrogens (tertiary/aromatic N) is 3. The van der Waals surface area contributed by atoms with Gasteiger partial charge >= 0.3 is 0 Å². The van der Waals surface area contributed by atoms with E-state index in [9.17, 15) is 0 Å². The molecule has 112 valence electrons. The average molecular weight is 276 g/mol. The molecule has 2 fully saturated rings. The fourth-order valence-electron chi connectivity index (χ4n) is 3.61. The molecule has 0 amide bonds. The maximum Gasteiger partial charge on any atom is 0.0946 e. The molecule has 0 spiro atoms. The van der Waals surface area contributed by atoms with Gasteiger partial charge in [-0.25, -0.2) is 4.98 Å². The van der Waals surface area contributed by atoms with Crippen LogP contribution >= 0.6 is 0 Å². The lowest BCUT2D eigenvalue weighted by Crippen LogP contribution is -2.53. The van der Waals surface area contributed by atoms with E-state index in [-0.39, 0.29) is 5.41 Å². The molecule has 4 atom stereocenters. The van der Waals surface area contributed by atoms with Gasteiger partial charge in [0, 0.05) is 37.6 Å². The van der Waals surface area contributed by atoms with Crippen molar-refractivity contribution in [1.82, 2.24) is 19.8 Å². The van der Waals surface area contributed by atoms with E-state index in [1.807, 2.05) is 12.5 Å². The van der Waals surface area contributed by atoms with Gasteiger partial charge in [0.2, 0.25) is 0 Å². The van der Waals surface area contributed by atoms with Crippen LogP contribution in [-0.2, 0) is 6.54 Å². The first kappa shape index (κ1) is 14.1. The monoisotopic (exact) mass is 276 g/mol. The molecule has 3 heterocycles. The molecule has 4 heteroatoms. The number of hydrogen-bond acceptors (Lipinski definition) is 3. The van der Waals surface area contributed by atoms with Crippen LogP contribution in [0.1, 0.15) is 33.6 Å². The van der Waals surface area contributed by atoms with Crippen LogP contribution < -0.4 is 5.32 Å². The molecule has 0 saturated carbocycles. The van der Waals surface area contributed by atoms with Crippen LogP contribution in [0.25, 0.3) is 0 Å². The molecule has 20 heavy (non-hydrogen) atoms. The number of rotatable bonds is 4. The van der Waals surface area contributed by atoms with Crippen molar-refractivity contribution >= 4 is 0 Å². The molecule has 0 aliphatic carbocycles. The predicted octanol–water partition coefficient (Wildman–Crippen LogP) is 1.98. The molecule has 2 bridgehead atoms. The fourth-order valence-corrected chi connectivity index (χ4v) is 3.61. The lowest BCUT2D eigenvalue weighted by Gasteiger charge is -2.39. The summed E-state index contributed by atoms with van der Waals surface area (Å²) in [5, 5.41) is 3.99. The van der Waals surface area contributed by atoms with Crippen LogP contribution in [0.4, 0.5) is 0 Å². The van der Waals surface area contributed by atoms with E-state index in [1.54, 1.807) is 0 Å². The Morgan fingerprint density at radius 2 is 2.10 bits per heavy atom. The Morgan fingerprint density at radius 3 is 2.80 bits per heavy atom. The summed E-state index contributed by atoms with van der Waals surface area (Å²) in [5.41, 5.74) is 0.264. The molecule has 0 radical (unpaired) electrons. The Kier molecular flexibility index (Phi) is 3.87. The van der Waals surface area contributed by atoms with Crippen LogP contribution in [0.15, 0.2) is 18.7 Å². The van der Waals surface area contributed by atoms with Crippen molar-refractivity contribution in [2.75, 3.05) is 19.6 Å². The first-order valence-corrected chi connectivity index (χ1v) is 7.96. The molecule has 2 aliphatic rings. The third kappa shape index (κ3) is 3.07. The van der Waals surface area contributed by atoms with Crippen molar-refractivity contribution in [2.45, 2.75) is 52.2 Å². The van der Waals surface area contributed by atoms with E-state index in [2.05, 4.69) is 46.7 Å². The summed E-state index contributed by atoms with van der Waals surface area (Å²) in [4.78, 5) is 6.79. The van der Waals surface area contributed by atoms with Crippen LogP contribution in [0.3, 0.4) is 0 Å². The lowest BCUT2D eigenvalue weighted by atomic mass is 9.84. The van der Waals surface area contributed by atoms with Crippen LogP contribution in [-0.4, -0.2) is 46.2 Å². The van der Waals surface area contributed by atoms with E-state index in [0.717, 1.165) is 12.5 Å². The Bertz CT molecular complexity index is 420. The molecule has 3 rings (SSSR count). The third-order valence-electron chi connectivity index (χ3n) is 5.05. The normalized spacial score (nSPS) is 31.4. The largest absolute Gasteiger partial charge is 0.336 e. The Hall–Kier alpha value is -0.870. The van der Waals surface area contributed by atoms with Gasteiger partial charge < -0.3 is 14.8 Å². The zero-order valence-corrected chi connectivity index (χ0v) is 13.0. The molecular weight excluding hydrogens is 248 g/mol. The van der Waals surface area contributed by atoms with Gasteiger partial charge in [0.1, 0.15) is 0 Å². The molecule has 0 aromatic carbocycles. The lowest BCUT2D eigenvalue weighted by molar-refractivity contribution is 0.161. The van der Waals surface area contributed by atoms with Crippen molar-refractivity contribution in [3.63, 3.8) is 0 Å². The number of aromatic nitrogens is 2. The van der Waals surface area contributed by atoms with Crippen molar-refractivity contribution in [3.05, 3.63) is 18.7 Å². The van der Waals surface area contributed by atoms with Crippen molar-refractivity contribution < 1.29 is 0 Å². The second-order valence-corrected chi connectivity index (χ2v) is 7.59. The quantitative estimate of drug-likeness (QED) is 0.913. The first-order chi connectivity index (χ1) is 9.52. The maximum atomic E-state index is 4.17. The van der Waals surface area contributed by atoms with E-state index in [1.165, 1.54) is 32.5 Å². The first-order valence-electron chi connectivity index (χ1n) is 7.96. The maximum absolute atomic E-state index is 4.17. The van der Waals surface area contributed by atoms with Gasteiger partial charge in [0.25, 0.3) is 0 Å². The van der Waals surface area contributed by atoms with Crippen molar-refractivity contribution in [2.24, 2.45) is 11.3 Å². The van der Waals surface area contributed by atoms with Gasteiger partial charge in [-0.15, -0.1) is 0 Å². The van der Waals surface area contributed by atoms with Crippen LogP contribution in [0.2, 0.25) is 0 Å². The molecular formula is C16H28N4. The second-order valence-electron chi connectivity index (χ2n) is 7.59. The Morgan fingerprint density at radius 1 is 1.30 bits per heavy atom. The highest BCUT2D eigenvalue weighted by atomic mass is 15.2. The van der Waals surface area contributed by atoms with Gasteiger partial charge in [-0.1, -0.05) is 20.8 Å². The summed E-state index contributed by atoms with van der Waals surface area (Å²) >= 11 is 0. The molecule has 2 saturated heterocycles. The van der Waals surface area contributed by atoms with Gasteiger partial charge in [0.15, 0.2) is 0 Å². The summed E-state index contributed by atoms with van der Waals surface area (Å²) in [6.07, 6.45) is 8.55. The van der Waals surface area contributed by atoms with E-state index < -0.39 is 0 Å². The minimum atomic E-state index is 0.264. The third-order valence-corrected chi connectivity index (χ3v) is 5.05. The highest BCUT2D eigenvalue weighted by Crippen LogP contribution is 2.30. The minimum Gasteiger partial charge on any atom is -0.336 e. The summed E-state index contributed by atoms with van der Waals surface area (Å²) in [5.74, 6) is 0.858. The minimum absolute atomic E-state index is 0.264. The summed E-state index contributed by atoms with van der Waals surface area (Å²) in [6, 6.07) is 1.19. The number of nitrogens with one attached hydrogen (secondary N) is 1. The van der Waals surface area contributed by atoms with Gasteiger partial charge in [0.05, 0.1) is 6.33 Å². The molecule has 1 N–H and O–H groups in total. The van der Waals surface area contributed by atoms with Crippen LogP contribution in [0.5, 0.6) is 0 Å². The number of imidazole rings is 1. The van der Waals surface area contributed by atoms with Gasteiger partial charge in [-0.3, -0.25) is 0 Å². The molecule has 1 aromatic heterocycles. The van der Waals surface area contributed by atoms with E-state index in [0.29, 0.717) is 12.1 Å². The number of fused-ring (bicyclic) bond motifs is 2. The Labute approximate surface area is 122 Å². The van der Waals surface area contributed by atoms with Gasteiger partial charge in [-0.2, -0.15) is 0 Å². The van der Waals surface area contributed by atoms with E-state index in [4.69, 9.17) is 0 Å². The van der Waals surface area contributed by atoms with Crippen LogP contribution in [0, 0.1) is 11.3 Å². The Balaban J connectivity index is 1.66.